The fraction of sp³-hybridized carbons (Fsp3) is 0.300. The summed E-state index contributed by atoms with van der Waals surface area (Å²) in [4.78, 5) is 11.4. The highest BCUT2D eigenvalue weighted by atomic mass is 32.2. The average Bonchev–Trinajstić information content (AvgIpc) is 2.34. The molecule has 0 aromatic heterocycles. The Hall–Kier alpha value is -1.82. The maximum absolute atomic E-state index is 12.8. The molecule has 0 fully saturated rings. The highest BCUT2D eigenvalue weighted by molar-refractivity contribution is 7.74. The summed E-state index contributed by atoms with van der Waals surface area (Å²) in [7, 11) is 0.704. The monoisotopic (exact) mass is 352 g/mol. The van der Waals surface area contributed by atoms with Crippen LogP contribution in [0.4, 0.5) is 26.3 Å². The second-order valence-electron chi connectivity index (χ2n) is 3.69. The Morgan fingerprint density at radius 1 is 1.14 bits per heavy atom. The van der Waals surface area contributed by atoms with Gasteiger partial charge in [0.2, 0.25) is 0 Å². The fourth-order valence-corrected chi connectivity index (χ4v) is 1.75. The third kappa shape index (κ3) is 4.10. The molecule has 5 nitrogen and oxygen atoms in total. The lowest BCUT2D eigenvalue weighted by molar-refractivity contribution is -0.143. The smallest absolute Gasteiger partial charge is 0.420 e. The Morgan fingerprint density at radius 3 is 2.05 bits per heavy atom. The van der Waals surface area contributed by atoms with Crippen molar-refractivity contribution < 1.29 is 48.8 Å². The van der Waals surface area contributed by atoms with Gasteiger partial charge in [-0.3, -0.25) is 4.55 Å². The highest BCUT2D eigenvalue weighted by Gasteiger charge is 2.42. The number of hydrogen-bond donors (Lipinski definition) is 1. The van der Waals surface area contributed by atoms with Crippen LogP contribution in [0.2, 0.25) is 0 Å². The molecule has 22 heavy (non-hydrogen) atoms. The van der Waals surface area contributed by atoms with Gasteiger partial charge < -0.3 is 8.92 Å². The lowest BCUT2D eigenvalue weighted by Crippen LogP contribution is -2.18. The first-order valence-electron chi connectivity index (χ1n) is 5.08. The van der Waals surface area contributed by atoms with Crippen LogP contribution in [0.5, 0.6) is 5.75 Å². The number of alkyl halides is 6. The fourth-order valence-electron chi connectivity index (χ4n) is 1.43. The minimum Gasteiger partial charge on any atom is -0.465 e. The lowest BCUT2D eigenvalue weighted by atomic mass is 10.0. The van der Waals surface area contributed by atoms with E-state index in [9.17, 15) is 35.3 Å². The molecule has 1 aromatic carbocycles. The largest absolute Gasteiger partial charge is 0.465 e. The first-order valence-corrected chi connectivity index (χ1v) is 6.11. The molecule has 0 heterocycles. The van der Waals surface area contributed by atoms with Crippen LogP contribution in [-0.2, 0) is 28.5 Å². The topological polar surface area (TPSA) is 72.8 Å². The van der Waals surface area contributed by atoms with E-state index >= 15 is 0 Å². The predicted molar refractivity (Wildman–Crippen MR) is 59.2 cm³/mol. The van der Waals surface area contributed by atoms with Gasteiger partial charge in [-0.2, -0.15) is 30.6 Å². The molecule has 0 aliphatic rings. The van der Waals surface area contributed by atoms with Crippen molar-refractivity contribution in [1.29, 1.82) is 0 Å². The molecule has 1 unspecified atom stereocenters. The van der Waals surface area contributed by atoms with E-state index in [1.165, 1.54) is 0 Å². The van der Waals surface area contributed by atoms with Gasteiger partial charge in [-0.25, -0.2) is 4.79 Å². The summed E-state index contributed by atoms with van der Waals surface area (Å²) in [6.45, 7) is 0. The normalized spacial score (nSPS) is 13.6. The predicted octanol–water partition coefficient (Wildman–Crippen LogP) is 3.03. The Bertz CT molecular complexity index is 609. The summed E-state index contributed by atoms with van der Waals surface area (Å²) in [6, 6.07) is -0.308. The maximum Gasteiger partial charge on any atom is 0.420 e. The van der Waals surface area contributed by atoms with E-state index in [2.05, 4.69) is 8.92 Å². The Labute approximate surface area is 121 Å². The molecule has 0 amide bonds. The molecule has 0 saturated heterocycles. The van der Waals surface area contributed by atoms with Gasteiger partial charge in [0.25, 0.3) is 0 Å². The van der Waals surface area contributed by atoms with Gasteiger partial charge in [-0.15, -0.1) is 0 Å². The zero-order valence-corrected chi connectivity index (χ0v) is 11.2. The Morgan fingerprint density at radius 2 is 1.68 bits per heavy atom. The molecule has 0 bridgehead atoms. The second-order valence-corrected chi connectivity index (χ2v) is 4.29. The van der Waals surface area contributed by atoms with Crippen molar-refractivity contribution >= 4 is 17.3 Å². The maximum atomic E-state index is 12.8. The standard InChI is InChI=1S/C10H6F6O5S/c1-20-8(17)5-2-4(9(11,12)13)3-6(10(14,15)16)7(5)21-22(18)19/h2-3H,1H3,(H,18,19). The Kier molecular flexibility index (Phi) is 5.07. The number of methoxy groups -OCH3 is 1. The van der Waals surface area contributed by atoms with Crippen LogP contribution in [-0.4, -0.2) is 21.8 Å². The van der Waals surface area contributed by atoms with Gasteiger partial charge in [0.05, 0.1) is 12.7 Å². The lowest BCUT2D eigenvalue weighted by Gasteiger charge is -2.17. The van der Waals surface area contributed by atoms with Gasteiger partial charge in [0.1, 0.15) is 11.1 Å². The van der Waals surface area contributed by atoms with Crippen molar-refractivity contribution in [2.75, 3.05) is 7.11 Å². The molecule has 0 spiro atoms. The van der Waals surface area contributed by atoms with Crippen molar-refractivity contribution in [3.8, 4) is 5.75 Å². The van der Waals surface area contributed by atoms with Crippen LogP contribution in [0.15, 0.2) is 12.1 Å². The quantitative estimate of drug-likeness (QED) is 0.514. The molecule has 0 aliphatic heterocycles. The summed E-state index contributed by atoms with van der Waals surface area (Å²) in [5.41, 5.74) is -5.12. The molecule has 12 heteroatoms. The van der Waals surface area contributed by atoms with E-state index < -0.39 is 52.1 Å². The van der Waals surface area contributed by atoms with E-state index in [-0.39, 0.29) is 12.1 Å². The number of ether oxygens (including phenoxy) is 1. The van der Waals surface area contributed by atoms with E-state index in [1.807, 2.05) is 0 Å². The van der Waals surface area contributed by atoms with Gasteiger partial charge >= 0.3 is 29.7 Å². The Balaban J connectivity index is 3.76. The molecular formula is C10H6F6O5S. The first-order chi connectivity index (χ1) is 9.87. The highest BCUT2D eigenvalue weighted by Crippen LogP contribution is 2.43. The molecule has 1 rings (SSSR count). The SMILES string of the molecule is COC(=O)c1cc(C(F)(F)F)cc(C(F)(F)F)c1OS(=O)O. The van der Waals surface area contributed by atoms with E-state index in [4.69, 9.17) is 4.55 Å². The number of rotatable bonds is 3. The third-order valence-electron chi connectivity index (χ3n) is 2.28. The van der Waals surface area contributed by atoms with Crippen LogP contribution in [0.3, 0.4) is 0 Å². The first kappa shape index (κ1) is 18.2. The molecule has 1 aromatic rings. The van der Waals surface area contributed by atoms with Crippen LogP contribution in [0.25, 0.3) is 0 Å². The third-order valence-corrected chi connectivity index (χ3v) is 2.59. The van der Waals surface area contributed by atoms with Crippen LogP contribution >= 0.6 is 0 Å². The zero-order valence-electron chi connectivity index (χ0n) is 10.4. The van der Waals surface area contributed by atoms with Crippen molar-refractivity contribution in [2.24, 2.45) is 0 Å². The van der Waals surface area contributed by atoms with Crippen molar-refractivity contribution in [3.05, 3.63) is 28.8 Å². The number of esters is 1. The average molecular weight is 352 g/mol. The summed E-state index contributed by atoms with van der Waals surface area (Å²) in [5.74, 6) is -3.13. The van der Waals surface area contributed by atoms with Crippen LogP contribution in [0, 0.1) is 0 Å². The number of benzene rings is 1. The van der Waals surface area contributed by atoms with Crippen molar-refractivity contribution in [3.63, 3.8) is 0 Å². The van der Waals surface area contributed by atoms with Gasteiger partial charge in [-0.1, -0.05) is 0 Å². The summed E-state index contributed by atoms with van der Waals surface area (Å²) < 4.78 is 103. The molecule has 0 aliphatic carbocycles. The molecular weight excluding hydrogens is 346 g/mol. The molecule has 124 valence electrons. The van der Waals surface area contributed by atoms with Crippen molar-refractivity contribution in [1.82, 2.24) is 0 Å². The summed E-state index contributed by atoms with van der Waals surface area (Å²) >= 11 is -3.31. The van der Waals surface area contributed by atoms with Gasteiger partial charge in [0.15, 0.2) is 5.75 Å². The summed E-state index contributed by atoms with van der Waals surface area (Å²) in [6.07, 6.45) is -10.6. The number of halogens is 6. The van der Waals surface area contributed by atoms with Crippen molar-refractivity contribution in [2.45, 2.75) is 12.4 Å². The molecule has 1 atom stereocenters. The summed E-state index contributed by atoms with van der Waals surface area (Å²) in [5, 5.41) is 0. The van der Waals surface area contributed by atoms with Gasteiger partial charge in [0, 0.05) is 0 Å². The van der Waals surface area contributed by atoms with E-state index in [1.54, 1.807) is 0 Å². The zero-order chi connectivity index (χ0) is 17.3. The van der Waals surface area contributed by atoms with E-state index in [0.29, 0.717) is 7.11 Å². The second kappa shape index (κ2) is 6.12. The van der Waals surface area contributed by atoms with Gasteiger partial charge in [-0.05, 0) is 12.1 Å². The minimum atomic E-state index is -5.38. The molecule has 0 saturated carbocycles. The number of hydrogen-bond acceptors (Lipinski definition) is 4. The van der Waals surface area contributed by atoms with Crippen LogP contribution in [0.1, 0.15) is 21.5 Å². The molecule has 0 radical (unpaired) electrons. The van der Waals surface area contributed by atoms with E-state index in [0.717, 1.165) is 0 Å². The number of carbonyl (C=O) groups excluding carboxylic acids is 1. The number of carbonyl (C=O) groups is 1. The van der Waals surface area contributed by atoms with Crippen LogP contribution < -0.4 is 4.18 Å². The molecule has 1 N–H and O–H groups in total. The minimum absolute atomic E-state index is 0.0310.